The van der Waals surface area contributed by atoms with Crippen LogP contribution in [0.1, 0.15) is 6.92 Å². The van der Waals surface area contributed by atoms with Crippen molar-refractivity contribution in [2.24, 2.45) is 5.92 Å². The summed E-state index contributed by atoms with van der Waals surface area (Å²) in [5.41, 5.74) is 0. The molecule has 1 rings (SSSR count). The van der Waals surface area contributed by atoms with Crippen LogP contribution >= 0.6 is 39.3 Å². The molecular weight excluding hydrogens is 270 g/mol. The Morgan fingerprint density at radius 1 is 1.62 bits per heavy atom. The Morgan fingerprint density at radius 2 is 2.38 bits per heavy atom. The molecule has 1 heterocycles. The summed E-state index contributed by atoms with van der Waals surface area (Å²) >= 11 is 10.8. The zero-order valence-corrected chi connectivity index (χ0v) is 10.5. The second-order valence-corrected chi connectivity index (χ2v) is 5.15. The lowest BCUT2D eigenvalue weighted by molar-refractivity contribution is 0.758. The lowest BCUT2D eigenvalue weighted by Crippen LogP contribution is -1.99. The first kappa shape index (κ1) is 11.3. The molecule has 0 saturated carbocycles. The van der Waals surface area contributed by atoms with Crippen molar-refractivity contribution in [1.82, 2.24) is 4.98 Å². The van der Waals surface area contributed by atoms with E-state index in [9.17, 15) is 0 Å². The fourth-order valence-corrected chi connectivity index (χ4v) is 2.06. The van der Waals surface area contributed by atoms with Crippen LogP contribution < -0.4 is 0 Å². The second-order valence-electron chi connectivity index (χ2n) is 2.89. The van der Waals surface area contributed by atoms with Gasteiger partial charge in [0.05, 0.1) is 5.03 Å². The van der Waals surface area contributed by atoms with E-state index in [1.165, 1.54) is 0 Å². The number of pyridine rings is 1. The van der Waals surface area contributed by atoms with Crippen LogP contribution in [0.3, 0.4) is 0 Å². The zero-order chi connectivity index (χ0) is 9.68. The van der Waals surface area contributed by atoms with Crippen LogP contribution in [0.25, 0.3) is 0 Å². The van der Waals surface area contributed by atoms with Crippen molar-refractivity contribution in [2.45, 2.75) is 11.9 Å². The van der Waals surface area contributed by atoms with E-state index in [0.29, 0.717) is 11.8 Å². The minimum atomic E-state index is 0.539. The molecule has 1 aromatic rings. The predicted octanol–water partition coefficient (Wildman–Crippen LogP) is 3.81. The molecule has 0 amide bonds. The Hall–Kier alpha value is 0.270. The van der Waals surface area contributed by atoms with Crippen LogP contribution in [0.15, 0.2) is 27.8 Å². The monoisotopic (exact) mass is 279 g/mol. The maximum Gasteiger partial charge on any atom is 0.0960 e. The maximum absolute atomic E-state index is 5.70. The predicted molar refractivity (Wildman–Crippen MR) is 62.5 cm³/mol. The molecule has 0 spiro atoms. The molecule has 0 bridgehead atoms. The lowest BCUT2D eigenvalue weighted by Gasteiger charge is -2.05. The first-order chi connectivity index (χ1) is 6.22. The summed E-state index contributed by atoms with van der Waals surface area (Å²) in [6.07, 6.45) is 1.81. The fraction of sp³-hybridized carbons (Fsp3) is 0.444. The van der Waals surface area contributed by atoms with Crippen molar-refractivity contribution in [3.63, 3.8) is 0 Å². The lowest BCUT2D eigenvalue weighted by atomic mass is 10.3. The summed E-state index contributed by atoms with van der Waals surface area (Å²) in [5.74, 6) is 2.28. The van der Waals surface area contributed by atoms with Crippen molar-refractivity contribution in [1.29, 1.82) is 0 Å². The van der Waals surface area contributed by atoms with Gasteiger partial charge in [0, 0.05) is 22.3 Å². The summed E-state index contributed by atoms with van der Waals surface area (Å²) in [6.45, 7) is 2.14. The molecule has 0 radical (unpaired) electrons. The number of aromatic nitrogens is 1. The average Bonchev–Trinajstić information content (AvgIpc) is 2.16. The van der Waals surface area contributed by atoms with Crippen LogP contribution in [-0.4, -0.2) is 16.6 Å². The van der Waals surface area contributed by atoms with Gasteiger partial charge >= 0.3 is 0 Å². The number of rotatable bonds is 4. The van der Waals surface area contributed by atoms with Crippen LogP contribution in [0.4, 0.5) is 0 Å². The third-order valence-electron chi connectivity index (χ3n) is 1.48. The molecule has 1 unspecified atom stereocenters. The van der Waals surface area contributed by atoms with Gasteiger partial charge in [-0.2, -0.15) is 0 Å². The Labute approximate surface area is 96.4 Å². The molecule has 1 aromatic heterocycles. The van der Waals surface area contributed by atoms with E-state index in [1.54, 1.807) is 11.8 Å². The molecule has 0 aliphatic rings. The summed E-state index contributed by atoms with van der Waals surface area (Å²) in [5, 5.41) is 1.06. The number of hydrogen-bond acceptors (Lipinski definition) is 2. The standard InChI is InChI=1S/C9H11BrClNS/c1-7(4-11)6-13-9-3-2-8(10)5-12-9/h2-3,5,7H,4,6H2,1H3. The van der Waals surface area contributed by atoms with E-state index >= 15 is 0 Å². The molecular formula is C9H11BrClNS. The van der Waals surface area contributed by atoms with E-state index < -0.39 is 0 Å². The Kier molecular flexibility index (Phi) is 5.14. The Bertz CT molecular complexity index is 252. The van der Waals surface area contributed by atoms with Crippen LogP contribution in [0, 0.1) is 5.92 Å². The number of thioether (sulfide) groups is 1. The van der Waals surface area contributed by atoms with Crippen LogP contribution in [0.5, 0.6) is 0 Å². The van der Waals surface area contributed by atoms with Gasteiger partial charge < -0.3 is 0 Å². The van der Waals surface area contributed by atoms with Crippen LogP contribution in [0.2, 0.25) is 0 Å². The summed E-state index contributed by atoms with van der Waals surface area (Å²) in [6, 6.07) is 4.01. The first-order valence-corrected chi connectivity index (χ1v) is 6.34. The SMILES string of the molecule is CC(CCl)CSc1ccc(Br)cn1. The fourth-order valence-electron chi connectivity index (χ4n) is 0.720. The zero-order valence-electron chi connectivity index (χ0n) is 7.34. The third-order valence-corrected chi connectivity index (χ3v) is 3.75. The molecule has 4 heteroatoms. The van der Waals surface area contributed by atoms with Crippen LogP contribution in [-0.2, 0) is 0 Å². The third kappa shape index (κ3) is 4.34. The number of halogens is 2. The van der Waals surface area contributed by atoms with Gasteiger partial charge in [0.15, 0.2) is 0 Å². The topological polar surface area (TPSA) is 12.9 Å². The summed E-state index contributed by atoms with van der Waals surface area (Å²) < 4.78 is 1.02. The molecule has 0 aliphatic heterocycles. The molecule has 1 nitrogen and oxygen atoms in total. The normalized spacial score (nSPS) is 12.8. The van der Waals surface area contributed by atoms with E-state index in [1.807, 2.05) is 18.3 Å². The minimum Gasteiger partial charge on any atom is -0.249 e. The van der Waals surface area contributed by atoms with Gasteiger partial charge in [-0.1, -0.05) is 6.92 Å². The maximum atomic E-state index is 5.70. The molecule has 0 saturated heterocycles. The molecule has 13 heavy (non-hydrogen) atoms. The summed E-state index contributed by atoms with van der Waals surface area (Å²) in [4.78, 5) is 4.26. The van der Waals surface area contributed by atoms with E-state index in [2.05, 4.69) is 27.8 Å². The van der Waals surface area contributed by atoms with E-state index in [-0.39, 0.29) is 0 Å². The van der Waals surface area contributed by atoms with Crippen molar-refractivity contribution in [3.8, 4) is 0 Å². The highest BCUT2D eigenvalue weighted by Gasteiger charge is 2.01. The second kappa shape index (κ2) is 5.89. The number of alkyl halides is 1. The summed E-state index contributed by atoms with van der Waals surface area (Å²) in [7, 11) is 0. The number of nitrogens with zero attached hydrogens (tertiary/aromatic N) is 1. The molecule has 0 aromatic carbocycles. The van der Waals surface area contributed by atoms with Gasteiger partial charge in [0.25, 0.3) is 0 Å². The van der Waals surface area contributed by atoms with Crippen molar-refractivity contribution >= 4 is 39.3 Å². The molecule has 0 N–H and O–H groups in total. The van der Waals surface area contributed by atoms with E-state index in [0.717, 1.165) is 15.3 Å². The molecule has 0 fully saturated rings. The first-order valence-electron chi connectivity index (χ1n) is 4.02. The largest absolute Gasteiger partial charge is 0.249 e. The van der Waals surface area contributed by atoms with Crippen molar-refractivity contribution in [3.05, 3.63) is 22.8 Å². The highest BCUT2D eigenvalue weighted by atomic mass is 79.9. The Morgan fingerprint density at radius 3 is 2.92 bits per heavy atom. The van der Waals surface area contributed by atoms with E-state index in [4.69, 9.17) is 11.6 Å². The van der Waals surface area contributed by atoms with Gasteiger partial charge in [-0.3, -0.25) is 0 Å². The molecule has 0 aliphatic carbocycles. The Balaban J connectivity index is 2.41. The quantitative estimate of drug-likeness (QED) is 0.614. The number of hydrogen-bond donors (Lipinski definition) is 0. The average molecular weight is 281 g/mol. The van der Waals surface area contributed by atoms with Gasteiger partial charge in [-0.05, 0) is 34.0 Å². The van der Waals surface area contributed by atoms with Crippen molar-refractivity contribution in [2.75, 3.05) is 11.6 Å². The molecule has 1 atom stereocenters. The smallest absolute Gasteiger partial charge is 0.0960 e. The van der Waals surface area contributed by atoms with Gasteiger partial charge in [0.1, 0.15) is 0 Å². The van der Waals surface area contributed by atoms with Gasteiger partial charge in [-0.15, -0.1) is 23.4 Å². The minimum absolute atomic E-state index is 0.539. The van der Waals surface area contributed by atoms with Gasteiger partial charge in [-0.25, -0.2) is 4.98 Å². The van der Waals surface area contributed by atoms with Gasteiger partial charge in [0.2, 0.25) is 0 Å². The highest BCUT2D eigenvalue weighted by Crippen LogP contribution is 2.20. The molecule has 72 valence electrons. The van der Waals surface area contributed by atoms with Crippen molar-refractivity contribution < 1.29 is 0 Å². The highest BCUT2D eigenvalue weighted by molar-refractivity contribution is 9.10.